The molecule has 3 heteroatoms. The predicted molar refractivity (Wildman–Crippen MR) is 167 cm³/mol. The molecule has 0 saturated carbocycles. The van der Waals surface area contributed by atoms with E-state index in [1.165, 1.54) is 69.7 Å². The second-order valence-corrected chi connectivity index (χ2v) is 11.5. The molecule has 2 N–H and O–H groups in total. The Hall–Kier alpha value is -3.98. The molecule has 2 aliphatic rings. The van der Waals surface area contributed by atoms with Crippen molar-refractivity contribution in [3.05, 3.63) is 114 Å². The van der Waals surface area contributed by atoms with Gasteiger partial charge in [0.25, 0.3) is 0 Å². The van der Waals surface area contributed by atoms with Crippen molar-refractivity contribution in [3.8, 4) is 0 Å². The van der Waals surface area contributed by atoms with Crippen LogP contribution in [0.3, 0.4) is 0 Å². The topological polar surface area (TPSA) is 32.5 Å². The number of nitrogen functional groups attached to an aromatic ring is 1. The van der Waals surface area contributed by atoms with Crippen LogP contribution in [0.15, 0.2) is 103 Å². The number of fused-ring (bicyclic) bond motifs is 2. The highest BCUT2D eigenvalue weighted by Gasteiger charge is 2.24. The molecule has 2 saturated heterocycles. The van der Waals surface area contributed by atoms with E-state index in [-0.39, 0.29) is 0 Å². The predicted octanol–water partition coefficient (Wildman–Crippen LogP) is 8.34. The van der Waals surface area contributed by atoms with Crippen molar-refractivity contribution < 1.29 is 0 Å². The van der Waals surface area contributed by atoms with Gasteiger partial charge in [-0.3, -0.25) is 0 Å². The zero-order valence-corrected chi connectivity index (χ0v) is 22.6. The van der Waals surface area contributed by atoms with E-state index in [1.807, 2.05) is 0 Å². The minimum absolute atomic E-state index is 0.625. The molecule has 0 bridgehead atoms. The van der Waals surface area contributed by atoms with E-state index in [0.717, 1.165) is 31.9 Å². The summed E-state index contributed by atoms with van der Waals surface area (Å²) in [4.78, 5) is 5.08. The molecule has 5 aromatic rings. The first kappa shape index (κ1) is 24.1. The number of anilines is 3. The van der Waals surface area contributed by atoms with E-state index in [9.17, 15) is 0 Å². The molecule has 0 spiro atoms. The molecule has 2 aliphatic heterocycles. The van der Waals surface area contributed by atoms with Gasteiger partial charge in [-0.25, -0.2) is 0 Å². The largest absolute Gasteiger partial charge is 0.399 e. The van der Waals surface area contributed by atoms with Crippen LogP contribution in [0.5, 0.6) is 0 Å². The number of hydrogen-bond donors (Lipinski definition) is 1. The standard InChI is InChI=1S/C36H37N3/c37-34-23-35(38-17-13-28(14-18-38)32-11-9-26-5-1-3-7-30(26)21-32)25-36(24-34)39-19-15-29(16-20-39)33-12-10-27-6-2-4-8-31(27)22-33/h1-12,21-25,28-29H,13-20,37H2. The van der Waals surface area contributed by atoms with Gasteiger partial charge in [0.1, 0.15) is 0 Å². The summed E-state index contributed by atoms with van der Waals surface area (Å²) in [5.74, 6) is 1.25. The van der Waals surface area contributed by atoms with Crippen LogP contribution in [-0.2, 0) is 0 Å². The summed E-state index contributed by atoms with van der Waals surface area (Å²) in [5, 5.41) is 5.35. The second kappa shape index (κ2) is 10.3. The molecule has 3 nitrogen and oxygen atoms in total. The molecular formula is C36H37N3. The van der Waals surface area contributed by atoms with E-state index in [2.05, 4.69) is 113 Å². The number of hydrogen-bond acceptors (Lipinski definition) is 3. The van der Waals surface area contributed by atoms with Crippen LogP contribution in [-0.4, -0.2) is 26.2 Å². The summed E-state index contributed by atoms with van der Waals surface area (Å²) < 4.78 is 0. The summed E-state index contributed by atoms with van der Waals surface area (Å²) in [5.41, 5.74) is 12.9. The molecule has 0 atom stereocenters. The zero-order valence-electron chi connectivity index (χ0n) is 22.6. The van der Waals surface area contributed by atoms with E-state index in [1.54, 1.807) is 0 Å². The Morgan fingerprint density at radius 3 is 1.31 bits per heavy atom. The van der Waals surface area contributed by atoms with Crippen LogP contribution < -0.4 is 15.5 Å². The first-order valence-electron chi connectivity index (χ1n) is 14.6. The fourth-order valence-electron chi connectivity index (χ4n) is 6.85. The van der Waals surface area contributed by atoms with Crippen molar-refractivity contribution in [2.45, 2.75) is 37.5 Å². The average Bonchev–Trinajstić information content (AvgIpc) is 3.00. The van der Waals surface area contributed by atoms with E-state index in [0.29, 0.717) is 11.8 Å². The van der Waals surface area contributed by atoms with Crippen LogP contribution in [0.1, 0.15) is 48.6 Å². The lowest BCUT2D eigenvalue weighted by Gasteiger charge is -2.37. The number of piperidine rings is 2. The average molecular weight is 512 g/mol. The van der Waals surface area contributed by atoms with Gasteiger partial charge in [-0.1, -0.05) is 84.9 Å². The van der Waals surface area contributed by atoms with Crippen molar-refractivity contribution in [1.29, 1.82) is 0 Å². The van der Waals surface area contributed by atoms with Gasteiger partial charge in [-0.2, -0.15) is 0 Å². The van der Waals surface area contributed by atoms with Crippen molar-refractivity contribution in [1.82, 2.24) is 0 Å². The number of benzene rings is 5. The minimum atomic E-state index is 0.625. The highest BCUT2D eigenvalue weighted by Crippen LogP contribution is 2.37. The number of rotatable bonds is 4. The van der Waals surface area contributed by atoms with Crippen LogP contribution in [0.2, 0.25) is 0 Å². The molecule has 7 rings (SSSR count). The smallest absolute Gasteiger partial charge is 0.0407 e. The Kier molecular flexibility index (Phi) is 6.36. The lowest BCUT2D eigenvalue weighted by molar-refractivity contribution is 0.503. The monoisotopic (exact) mass is 511 g/mol. The Morgan fingerprint density at radius 2 is 0.872 bits per heavy atom. The molecule has 0 radical (unpaired) electrons. The molecule has 196 valence electrons. The molecule has 0 amide bonds. The zero-order chi connectivity index (χ0) is 26.2. The normalized spacial score (nSPS) is 17.2. The van der Waals surface area contributed by atoms with Gasteiger partial charge in [0.15, 0.2) is 0 Å². The van der Waals surface area contributed by atoms with E-state index < -0.39 is 0 Å². The van der Waals surface area contributed by atoms with E-state index >= 15 is 0 Å². The third-order valence-electron chi connectivity index (χ3n) is 9.13. The van der Waals surface area contributed by atoms with Crippen LogP contribution in [0.25, 0.3) is 21.5 Å². The fraction of sp³-hybridized carbons (Fsp3) is 0.278. The molecule has 39 heavy (non-hydrogen) atoms. The fourth-order valence-corrected chi connectivity index (χ4v) is 6.85. The maximum absolute atomic E-state index is 6.46. The highest BCUT2D eigenvalue weighted by atomic mass is 15.2. The Bertz CT molecular complexity index is 1490. The first-order chi connectivity index (χ1) is 19.2. The number of nitrogens with zero attached hydrogens (tertiary/aromatic N) is 2. The third kappa shape index (κ3) is 4.94. The molecular weight excluding hydrogens is 474 g/mol. The minimum Gasteiger partial charge on any atom is -0.399 e. The Morgan fingerprint density at radius 1 is 0.462 bits per heavy atom. The lowest BCUT2D eigenvalue weighted by atomic mass is 9.87. The summed E-state index contributed by atoms with van der Waals surface area (Å²) >= 11 is 0. The van der Waals surface area contributed by atoms with Gasteiger partial charge < -0.3 is 15.5 Å². The van der Waals surface area contributed by atoms with Gasteiger partial charge in [0.05, 0.1) is 0 Å². The van der Waals surface area contributed by atoms with Crippen molar-refractivity contribution >= 4 is 38.6 Å². The first-order valence-corrected chi connectivity index (χ1v) is 14.6. The van der Waals surface area contributed by atoms with Crippen LogP contribution >= 0.6 is 0 Å². The summed E-state index contributed by atoms with van der Waals surface area (Å²) in [6.45, 7) is 4.30. The molecule has 0 aromatic heterocycles. The SMILES string of the molecule is Nc1cc(N2CCC(c3ccc4ccccc4c3)CC2)cc(N2CCC(c3ccc4ccccc4c3)CC2)c1. The Labute approximate surface area is 231 Å². The molecule has 0 aliphatic carbocycles. The van der Waals surface area contributed by atoms with Gasteiger partial charge in [0.2, 0.25) is 0 Å². The second-order valence-electron chi connectivity index (χ2n) is 11.5. The molecule has 2 heterocycles. The molecule has 5 aromatic carbocycles. The van der Waals surface area contributed by atoms with Gasteiger partial charge in [-0.05, 0) is 88.4 Å². The number of nitrogens with two attached hydrogens (primary N) is 1. The lowest BCUT2D eigenvalue weighted by Crippen LogP contribution is -2.34. The highest BCUT2D eigenvalue weighted by molar-refractivity contribution is 5.84. The maximum atomic E-state index is 6.46. The maximum Gasteiger partial charge on any atom is 0.0407 e. The van der Waals surface area contributed by atoms with Gasteiger partial charge in [0, 0.05) is 43.2 Å². The van der Waals surface area contributed by atoms with Crippen molar-refractivity contribution in [2.24, 2.45) is 0 Å². The van der Waals surface area contributed by atoms with E-state index in [4.69, 9.17) is 5.73 Å². The quantitative estimate of drug-likeness (QED) is 0.246. The van der Waals surface area contributed by atoms with Crippen LogP contribution in [0, 0.1) is 0 Å². The molecule has 0 unspecified atom stereocenters. The van der Waals surface area contributed by atoms with Gasteiger partial charge in [-0.15, -0.1) is 0 Å². The third-order valence-corrected chi connectivity index (χ3v) is 9.13. The summed E-state index contributed by atoms with van der Waals surface area (Å²) in [6.07, 6.45) is 4.72. The van der Waals surface area contributed by atoms with Crippen molar-refractivity contribution in [2.75, 3.05) is 41.7 Å². The molecule has 2 fully saturated rings. The summed E-state index contributed by atoms with van der Waals surface area (Å²) in [7, 11) is 0. The van der Waals surface area contributed by atoms with Crippen LogP contribution in [0.4, 0.5) is 17.1 Å². The van der Waals surface area contributed by atoms with Crippen molar-refractivity contribution in [3.63, 3.8) is 0 Å². The van der Waals surface area contributed by atoms with Gasteiger partial charge >= 0.3 is 0 Å². The summed E-state index contributed by atoms with van der Waals surface area (Å²) in [6, 6.07) is 38.1. The Balaban J connectivity index is 1.01.